The standard InChI is InChI=1S/C63H88N2O10/c1-9-27-62-29-26-49-46-20-16-40-33-43(66)19-21-45(40)56(46)47(37-63(49,62)75-62)39-14-17-42(18-15-39)65(8)31-32-72-44-25-28-60(6)41(34-44)35-52(73-55(70)12-10-11-30-64-58(71)74-59(3,4)5)57-50-23-22-48(38(2)13-24-54(68)69)61(50,7)53(67)36-51(57)60/h14-15,17-18,33,38,41,44,46-53,57,67H,10-13,16,19-26,28-32,34-37H2,1-8H3,(H,64,71)(H,68,69)/t38-,41+,44+,46?,47-,48-,49?,50+,51+,52-,53+,57+,60+,61-,62+,63-/m1/s1. The van der Waals surface area contributed by atoms with Crippen molar-refractivity contribution in [2.24, 2.45) is 58.2 Å². The number of benzene rings is 1. The number of ketones is 1. The van der Waals surface area contributed by atoms with Crippen molar-refractivity contribution in [1.82, 2.24) is 5.32 Å². The van der Waals surface area contributed by atoms with E-state index in [0.29, 0.717) is 57.1 Å². The number of fused-ring (bicyclic) bond motifs is 8. The molecule has 6 saturated carbocycles. The number of aliphatic hydroxyl groups excluding tert-OH is 1. The van der Waals surface area contributed by atoms with Gasteiger partial charge in [0.15, 0.2) is 11.4 Å². The van der Waals surface area contributed by atoms with E-state index >= 15 is 0 Å². The van der Waals surface area contributed by atoms with Crippen LogP contribution in [0, 0.1) is 70.0 Å². The van der Waals surface area contributed by atoms with Crippen LogP contribution in [0.15, 0.2) is 47.1 Å². The molecule has 12 nitrogen and oxygen atoms in total. The summed E-state index contributed by atoms with van der Waals surface area (Å²) in [5, 5.41) is 24.7. The minimum absolute atomic E-state index is 0.0392. The topological polar surface area (TPSA) is 164 Å². The van der Waals surface area contributed by atoms with Crippen LogP contribution < -0.4 is 10.2 Å². The van der Waals surface area contributed by atoms with E-state index in [0.717, 1.165) is 89.3 Å². The lowest BCUT2D eigenvalue weighted by molar-refractivity contribution is -0.219. The highest BCUT2D eigenvalue weighted by Crippen LogP contribution is 2.73. The van der Waals surface area contributed by atoms with Gasteiger partial charge < -0.3 is 39.4 Å². The van der Waals surface area contributed by atoms with Crippen LogP contribution in [-0.2, 0) is 33.3 Å². The van der Waals surface area contributed by atoms with Crippen LogP contribution >= 0.6 is 0 Å². The molecule has 1 aromatic rings. The lowest BCUT2D eigenvalue weighted by Crippen LogP contribution is -2.63. The van der Waals surface area contributed by atoms with Gasteiger partial charge in [-0.15, -0.1) is 5.92 Å². The molecule has 0 bridgehead atoms. The summed E-state index contributed by atoms with van der Waals surface area (Å²) in [6.45, 7) is 16.0. The number of anilines is 1. The highest BCUT2D eigenvalue weighted by Gasteiger charge is 2.79. The molecule has 1 saturated heterocycles. The van der Waals surface area contributed by atoms with Crippen LogP contribution in [0.2, 0.25) is 0 Å². The summed E-state index contributed by atoms with van der Waals surface area (Å²) < 4.78 is 25.6. The van der Waals surface area contributed by atoms with E-state index in [2.05, 4.69) is 74.1 Å². The molecule has 2 unspecified atom stereocenters. The zero-order valence-corrected chi connectivity index (χ0v) is 46.5. The molecule has 7 fully saturated rings. The maximum atomic E-state index is 13.9. The first-order chi connectivity index (χ1) is 35.7. The molecule has 8 aliphatic carbocycles. The number of aliphatic hydroxyl groups is 1. The minimum atomic E-state index is -0.783. The molecule has 10 rings (SSSR count). The molecule has 1 spiro atoms. The second kappa shape index (κ2) is 20.9. The monoisotopic (exact) mass is 1030 g/mol. The number of rotatable bonds is 16. The zero-order chi connectivity index (χ0) is 53.2. The molecule has 9 aliphatic rings. The summed E-state index contributed by atoms with van der Waals surface area (Å²) >= 11 is 0. The van der Waals surface area contributed by atoms with Crippen molar-refractivity contribution in [2.75, 3.05) is 31.6 Å². The summed E-state index contributed by atoms with van der Waals surface area (Å²) in [7, 11) is 2.15. The first-order valence-electron chi connectivity index (χ1n) is 29.3. The predicted octanol–water partition coefficient (Wildman–Crippen LogP) is 11.3. The molecular formula is C63H88N2O10. The van der Waals surface area contributed by atoms with Gasteiger partial charge >= 0.3 is 18.0 Å². The molecule has 0 radical (unpaired) electrons. The lowest BCUT2D eigenvalue weighted by atomic mass is 9.43. The van der Waals surface area contributed by atoms with Crippen molar-refractivity contribution in [2.45, 2.75) is 211 Å². The number of carboxylic acid groups (broad SMARTS) is 1. The first-order valence-corrected chi connectivity index (χ1v) is 29.3. The number of likely N-dealkylation sites (N-methyl/N-ethyl adjacent to an activating group) is 1. The van der Waals surface area contributed by atoms with Gasteiger partial charge in [-0.3, -0.25) is 14.4 Å². The third kappa shape index (κ3) is 10.0. The Balaban J connectivity index is 0.795. The number of carbonyl (C=O) groups excluding carboxylic acids is 3. The third-order valence-corrected chi connectivity index (χ3v) is 21.5. The summed E-state index contributed by atoms with van der Waals surface area (Å²) in [4.78, 5) is 52.6. The van der Waals surface area contributed by atoms with Gasteiger partial charge in [0, 0.05) is 56.9 Å². The van der Waals surface area contributed by atoms with Gasteiger partial charge in [-0.05, 0) is 218 Å². The molecule has 1 amide bonds. The van der Waals surface area contributed by atoms with Crippen LogP contribution in [-0.4, -0.2) is 95.9 Å². The number of unbranched alkanes of at least 4 members (excludes halogenated alkanes) is 1. The van der Waals surface area contributed by atoms with Crippen molar-refractivity contribution in [3.05, 3.63) is 52.6 Å². The van der Waals surface area contributed by atoms with E-state index in [1.807, 2.05) is 33.8 Å². The first kappa shape index (κ1) is 54.2. The smallest absolute Gasteiger partial charge is 0.407 e. The van der Waals surface area contributed by atoms with Crippen LogP contribution in [0.5, 0.6) is 0 Å². The van der Waals surface area contributed by atoms with E-state index in [1.165, 1.54) is 16.7 Å². The largest absolute Gasteiger partial charge is 0.481 e. The van der Waals surface area contributed by atoms with E-state index in [9.17, 15) is 29.4 Å². The van der Waals surface area contributed by atoms with E-state index in [4.69, 9.17) is 18.9 Å². The number of allylic oxidation sites excluding steroid dienone is 4. The van der Waals surface area contributed by atoms with Crippen molar-refractivity contribution in [3.8, 4) is 11.8 Å². The Morgan fingerprint density at radius 2 is 1.73 bits per heavy atom. The Morgan fingerprint density at radius 3 is 2.48 bits per heavy atom. The Morgan fingerprint density at radius 1 is 0.947 bits per heavy atom. The van der Waals surface area contributed by atoms with Crippen LogP contribution in [0.4, 0.5) is 10.5 Å². The van der Waals surface area contributed by atoms with E-state index in [-0.39, 0.29) is 100 Å². The van der Waals surface area contributed by atoms with Crippen molar-refractivity contribution in [1.29, 1.82) is 0 Å². The highest BCUT2D eigenvalue weighted by molar-refractivity contribution is 5.93. The summed E-state index contributed by atoms with van der Waals surface area (Å²) in [6, 6.07) is 9.20. The maximum Gasteiger partial charge on any atom is 0.407 e. The normalized spacial score (nSPS) is 38.6. The van der Waals surface area contributed by atoms with Gasteiger partial charge in [-0.2, -0.15) is 0 Å². The molecule has 75 heavy (non-hydrogen) atoms. The number of nitrogens with one attached hydrogen (secondary N) is 1. The number of nitrogens with zero attached hydrogens (tertiary/aromatic N) is 1. The molecule has 1 heterocycles. The van der Waals surface area contributed by atoms with Crippen LogP contribution in [0.1, 0.15) is 182 Å². The van der Waals surface area contributed by atoms with E-state index in [1.54, 1.807) is 5.57 Å². The number of epoxide rings is 1. The number of amides is 1. The van der Waals surface area contributed by atoms with Crippen LogP contribution in [0.3, 0.4) is 0 Å². The second-order valence-corrected chi connectivity index (χ2v) is 26.4. The number of carboxylic acids is 1. The van der Waals surface area contributed by atoms with Gasteiger partial charge in [0.05, 0.1) is 18.8 Å². The average molecular weight is 1030 g/mol. The second-order valence-electron chi connectivity index (χ2n) is 26.4. The number of esters is 1. The van der Waals surface area contributed by atoms with Gasteiger partial charge in [0.25, 0.3) is 0 Å². The van der Waals surface area contributed by atoms with Crippen molar-refractivity contribution >= 4 is 29.5 Å². The molecular weight excluding hydrogens is 945 g/mol. The number of hydrogen-bond donors (Lipinski definition) is 3. The van der Waals surface area contributed by atoms with Gasteiger partial charge in [-0.25, -0.2) is 4.79 Å². The fourth-order valence-electron chi connectivity index (χ4n) is 17.9. The summed E-state index contributed by atoms with van der Waals surface area (Å²) in [5.41, 5.74) is 5.29. The predicted molar refractivity (Wildman–Crippen MR) is 288 cm³/mol. The van der Waals surface area contributed by atoms with E-state index < -0.39 is 23.8 Å². The molecule has 0 aromatic heterocycles. The Labute approximate surface area is 447 Å². The minimum Gasteiger partial charge on any atom is -0.481 e. The number of aliphatic carboxylic acids is 1. The molecule has 12 heteroatoms. The quantitative estimate of drug-likeness (QED) is 0.0625. The molecule has 410 valence electrons. The fourth-order valence-corrected chi connectivity index (χ4v) is 17.9. The lowest BCUT2D eigenvalue weighted by Gasteiger charge is -2.64. The molecule has 16 atom stereocenters. The Hall–Kier alpha value is -4.18. The zero-order valence-electron chi connectivity index (χ0n) is 46.5. The number of alkyl carbamates (subject to hydrolysis) is 1. The Bertz CT molecular complexity index is 2480. The molecule has 1 aliphatic heterocycles. The SMILES string of the molecule is CC#C[C@]12CCC3C4CCC5=CC(=O)CCC5=C4[C@@H](c4ccc(N(C)CCO[C@H]5CC[C@@]6(C)[C@@H](C5)C[C@@H](OC(=O)CCCCNC(=O)OC(C)(C)C)[C@@H]5[C@@H]6C[C@H](O)[C@]6(C)[C@@H]([C@H](C)CCC(=O)O)CC[C@@H]56)cc4)C[C@@]31O2. The van der Waals surface area contributed by atoms with Gasteiger partial charge in [0.1, 0.15) is 17.3 Å². The van der Waals surface area contributed by atoms with Crippen LogP contribution in [0.25, 0.3) is 0 Å². The third-order valence-electron chi connectivity index (χ3n) is 21.5. The number of carbonyl (C=O) groups is 4. The Kier molecular flexibility index (Phi) is 15.1. The van der Waals surface area contributed by atoms with Gasteiger partial charge in [-0.1, -0.05) is 44.4 Å². The molecule has 1 aromatic carbocycles. The van der Waals surface area contributed by atoms with Gasteiger partial charge in [0.2, 0.25) is 0 Å². The molecule has 3 N–H and O–H groups in total. The average Bonchev–Trinajstić information content (AvgIpc) is 3.69. The number of hydrogen-bond acceptors (Lipinski definition) is 10. The number of ether oxygens (including phenoxy) is 4. The maximum absolute atomic E-state index is 13.9. The summed E-state index contributed by atoms with van der Waals surface area (Å²) in [6.07, 6.45) is 15.8. The highest BCUT2D eigenvalue weighted by atomic mass is 16.6. The van der Waals surface area contributed by atoms with Crippen molar-refractivity contribution in [3.63, 3.8) is 0 Å². The van der Waals surface area contributed by atoms with Crippen molar-refractivity contribution < 1.29 is 48.3 Å². The summed E-state index contributed by atoms with van der Waals surface area (Å²) in [5.74, 6) is 8.32. The fraction of sp³-hybridized carbons (Fsp3) is 0.746.